The van der Waals surface area contributed by atoms with E-state index in [0.717, 1.165) is 17.8 Å². The van der Waals surface area contributed by atoms with Crippen LogP contribution in [0.5, 0.6) is 0 Å². The van der Waals surface area contributed by atoms with Crippen molar-refractivity contribution in [1.29, 1.82) is 0 Å². The van der Waals surface area contributed by atoms with Crippen LogP contribution < -0.4 is 10.2 Å². The Bertz CT molecular complexity index is 861. The van der Waals surface area contributed by atoms with Crippen molar-refractivity contribution in [2.24, 2.45) is 0 Å². The molecule has 0 saturated heterocycles. The van der Waals surface area contributed by atoms with E-state index in [1.54, 1.807) is 24.3 Å². The maximum absolute atomic E-state index is 12.3. The molecule has 1 amide bonds. The Balaban J connectivity index is 1.81. The summed E-state index contributed by atoms with van der Waals surface area (Å²) in [6.45, 7) is 8.01. The largest absolute Gasteiger partial charge is 0.370 e. The molecule has 0 bridgehead atoms. The molecular formula is C21H28N2O3S. The lowest BCUT2D eigenvalue weighted by Crippen LogP contribution is -2.35. The molecule has 0 atom stereocenters. The van der Waals surface area contributed by atoms with E-state index in [1.807, 2.05) is 32.0 Å². The molecule has 27 heavy (non-hydrogen) atoms. The second kappa shape index (κ2) is 9.55. The maximum Gasteiger partial charge on any atom is 0.221 e. The van der Waals surface area contributed by atoms with Crippen LogP contribution in [-0.4, -0.2) is 39.7 Å². The first-order valence-corrected chi connectivity index (χ1v) is 10.8. The van der Waals surface area contributed by atoms with E-state index in [1.165, 1.54) is 5.56 Å². The molecule has 2 rings (SSSR count). The molecule has 0 unspecified atom stereocenters. The minimum atomic E-state index is -3.44. The van der Waals surface area contributed by atoms with Gasteiger partial charge in [-0.3, -0.25) is 4.79 Å². The summed E-state index contributed by atoms with van der Waals surface area (Å²) in [6.07, 6.45) is -0.0349. The second-order valence-corrected chi connectivity index (χ2v) is 8.76. The molecule has 0 spiro atoms. The van der Waals surface area contributed by atoms with Crippen molar-refractivity contribution in [3.8, 4) is 0 Å². The predicted molar refractivity (Wildman–Crippen MR) is 110 cm³/mol. The minimum absolute atomic E-state index is 0.0349. The standard InChI is InChI=1S/C21H28N2O3S/c1-4-23(19-7-5-6-18(3)16-19)14-13-22-21(24)12-15-27(25,26)20-10-8-17(2)9-11-20/h5-11,16H,4,12-15H2,1-3H3,(H,22,24). The summed E-state index contributed by atoms with van der Waals surface area (Å²) in [4.78, 5) is 14.5. The fourth-order valence-corrected chi connectivity index (χ4v) is 4.04. The van der Waals surface area contributed by atoms with E-state index in [2.05, 4.69) is 23.2 Å². The molecule has 0 aromatic heterocycles. The predicted octanol–water partition coefficient (Wildman–Crippen LogP) is 3.11. The highest BCUT2D eigenvalue weighted by Crippen LogP contribution is 2.15. The first-order valence-electron chi connectivity index (χ1n) is 9.19. The molecule has 2 aromatic carbocycles. The lowest BCUT2D eigenvalue weighted by atomic mass is 10.2. The summed E-state index contributed by atoms with van der Waals surface area (Å²) in [5.41, 5.74) is 3.31. The number of aryl methyl sites for hydroxylation is 2. The Labute approximate surface area is 162 Å². The van der Waals surface area contributed by atoms with Gasteiger partial charge in [0, 0.05) is 31.7 Å². The number of nitrogens with one attached hydrogen (secondary N) is 1. The Morgan fingerprint density at radius 1 is 1.04 bits per heavy atom. The van der Waals surface area contributed by atoms with Crippen molar-refractivity contribution in [3.05, 3.63) is 59.7 Å². The molecule has 1 N–H and O–H groups in total. The first-order chi connectivity index (χ1) is 12.8. The summed E-state index contributed by atoms with van der Waals surface area (Å²) in [5.74, 6) is -0.428. The van der Waals surface area contributed by atoms with Gasteiger partial charge < -0.3 is 10.2 Å². The summed E-state index contributed by atoms with van der Waals surface area (Å²) < 4.78 is 24.6. The number of likely N-dealkylation sites (N-methyl/N-ethyl adjacent to an activating group) is 1. The highest BCUT2D eigenvalue weighted by Gasteiger charge is 2.16. The number of benzene rings is 2. The number of rotatable bonds is 9. The number of sulfone groups is 1. The lowest BCUT2D eigenvalue weighted by Gasteiger charge is -2.23. The molecule has 0 saturated carbocycles. The topological polar surface area (TPSA) is 66.5 Å². The van der Waals surface area contributed by atoms with Gasteiger partial charge in [0.1, 0.15) is 0 Å². The van der Waals surface area contributed by atoms with Gasteiger partial charge >= 0.3 is 0 Å². The van der Waals surface area contributed by atoms with Crippen LogP contribution in [0.1, 0.15) is 24.5 Å². The van der Waals surface area contributed by atoms with E-state index in [-0.39, 0.29) is 23.0 Å². The van der Waals surface area contributed by atoms with Gasteiger partial charge in [0.15, 0.2) is 9.84 Å². The van der Waals surface area contributed by atoms with Crippen molar-refractivity contribution >= 4 is 21.4 Å². The molecule has 0 radical (unpaired) electrons. The third kappa shape index (κ3) is 6.40. The van der Waals surface area contributed by atoms with E-state index >= 15 is 0 Å². The molecule has 0 aliphatic carbocycles. The van der Waals surface area contributed by atoms with Gasteiger partial charge in [0.05, 0.1) is 10.6 Å². The molecular weight excluding hydrogens is 360 g/mol. The Kier molecular flexibility index (Phi) is 7.42. The Hall–Kier alpha value is -2.34. The molecule has 5 nitrogen and oxygen atoms in total. The van der Waals surface area contributed by atoms with Crippen molar-refractivity contribution < 1.29 is 13.2 Å². The zero-order valence-corrected chi connectivity index (χ0v) is 17.1. The van der Waals surface area contributed by atoms with Gasteiger partial charge in [-0.1, -0.05) is 29.8 Å². The molecule has 2 aromatic rings. The summed E-state index contributed by atoms with van der Waals surface area (Å²) in [5, 5.41) is 2.82. The number of carbonyl (C=O) groups is 1. The van der Waals surface area contributed by atoms with Crippen LogP contribution in [0.3, 0.4) is 0 Å². The molecule has 0 aliphatic heterocycles. The average molecular weight is 389 g/mol. The van der Waals surface area contributed by atoms with Crippen molar-refractivity contribution in [2.45, 2.75) is 32.1 Å². The zero-order chi connectivity index (χ0) is 19.9. The fourth-order valence-electron chi connectivity index (χ4n) is 2.80. The molecule has 0 aliphatic rings. The second-order valence-electron chi connectivity index (χ2n) is 6.65. The number of anilines is 1. The van der Waals surface area contributed by atoms with E-state index in [4.69, 9.17) is 0 Å². The minimum Gasteiger partial charge on any atom is -0.370 e. The summed E-state index contributed by atoms with van der Waals surface area (Å²) in [6, 6.07) is 14.9. The van der Waals surface area contributed by atoms with Crippen LogP contribution in [0.4, 0.5) is 5.69 Å². The van der Waals surface area contributed by atoms with E-state index < -0.39 is 9.84 Å². The molecule has 6 heteroatoms. The van der Waals surface area contributed by atoms with Gasteiger partial charge in [-0.25, -0.2) is 8.42 Å². The normalized spacial score (nSPS) is 11.2. The van der Waals surface area contributed by atoms with Gasteiger partial charge in [-0.05, 0) is 50.6 Å². The molecule has 146 valence electrons. The lowest BCUT2D eigenvalue weighted by molar-refractivity contribution is -0.120. The maximum atomic E-state index is 12.3. The Morgan fingerprint density at radius 2 is 1.74 bits per heavy atom. The molecule has 0 heterocycles. The van der Waals surface area contributed by atoms with Crippen molar-refractivity contribution in [3.63, 3.8) is 0 Å². The van der Waals surface area contributed by atoms with E-state index in [9.17, 15) is 13.2 Å². The van der Waals surface area contributed by atoms with Crippen LogP contribution in [0.25, 0.3) is 0 Å². The van der Waals surface area contributed by atoms with Gasteiger partial charge in [0.25, 0.3) is 0 Å². The van der Waals surface area contributed by atoms with Gasteiger partial charge in [-0.2, -0.15) is 0 Å². The van der Waals surface area contributed by atoms with Gasteiger partial charge in [-0.15, -0.1) is 0 Å². The third-order valence-electron chi connectivity index (χ3n) is 4.43. The smallest absolute Gasteiger partial charge is 0.221 e. The quantitative estimate of drug-likeness (QED) is 0.717. The van der Waals surface area contributed by atoms with Crippen LogP contribution in [0.2, 0.25) is 0 Å². The van der Waals surface area contributed by atoms with Gasteiger partial charge in [0.2, 0.25) is 5.91 Å². The van der Waals surface area contributed by atoms with E-state index in [0.29, 0.717) is 13.1 Å². The molecule has 0 fully saturated rings. The number of nitrogens with zero attached hydrogens (tertiary/aromatic N) is 1. The van der Waals surface area contributed by atoms with Crippen LogP contribution in [-0.2, 0) is 14.6 Å². The third-order valence-corrected chi connectivity index (χ3v) is 6.16. The highest BCUT2D eigenvalue weighted by atomic mass is 32.2. The number of hydrogen-bond donors (Lipinski definition) is 1. The summed E-state index contributed by atoms with van der Waals surface area (Å²) in [7, 11) is -3.44. The van der Waals surface area contributed by atoms with Crippen molar-refractivity contribution in [2.75, 3.05) is 30.3 Å². The van der Waals surface area contributed by atoms with Crippen LogP contribution >= 0.6 is 0 Å². The number of hydrogen-bond acceptors (Lipinski definition) is 4. The Morgan fingerprint density at radius 3 is 2.37 bits per heavy atom. The SMILES string of the molecule is CCN(CCNC(=O)CCS(=O)(=O)c1ccc(C)cc1)c1cccc(C)c1. The van der Waals surface area contributed by atoms with Crippen molar-refractivity contribution in [1.82, 2.24) is 5.32 Å². The van der Waals surface area contributed by atoms with Crippen LogP contribution in [0, 0.1) is 13.8 Å². The zero-order valence-electron chi connectivity index (χ0n) is 16.2. The highest BCUT2D eigenvalue weighted by molar-refractivity contribution is 7.91. The summed E-state index contributed by atoms with van der Waals surface area (Å²) >= 11 is 0. The number of amides is 1. The monoisotopic (exact) mass is 388 g/mol. The first kappa shape index (κ1) is 21.0. The average Bonchev–Trinajstić information content (AvgIpc) is 2.64. The fraction of sp³-hybridized carbons (Fsp3) is 0.381. The van der Waals surface area contributed by atoms with Crippen LogP contribution in [0.15, 0.2) is 53.4 Å². The number of carbonyl (C=O) groups excluding carboxylic acids is 1.